The molecule has 1 fully saturated rings. The Hall–Kier alpha value is -2.47. The Balaban J connectivity index is 1.26. The van der Waals surface area contributed by atoms with Crippen LogP contribution in [0.1, 0.15) is 41.4 Å². The van der Waals surface area contributed by atoms with Crippen LogP contribution in [-0.2, 0) is 17.8 Å². The van der Waals surface area contributed by atoms with Gasteiger partial charge in [-0.2, -0.15) is 0 Å². The quantitative estimate of drug-likeness (QED) is 0.874. The Morgan fingerprint density at radius 2 is 2.08 bits per heavy atom. The number of H-pyrrole nitrogens is 1. The number of hydrogen-bond donors (Lipinski definition) is 2. The fourth-order valence-electron chi connectivity index (χ4n) is 3.95. The van der Waals surface area contributed by atoms with Crippen LogP contribution in [0.25, 0.3) is 0 Å². The van der Waals surface area contributed by atoms with Crippen molar-refractivity contribution in [1.29, 1.82) is 0 Å². The van der Waals surface area contributed by atoms with Crippen LogP contribution in [0.2, 0.25) is 0 Å². The molecule has 1 amide bonds. The number of nitrogens with zero attached hydrogens (tertiary/aromatic N) is 2. The molecule has 1 saturated carbocycles. The predicted octanol–water partition coefficient (Wildman–Crippen LogP) is 1.50. The highest BCUT2D eigenvalue weighted by Gasteiger charge is 2.33. The van der Waals surface area contributed by atoms with Gasteiger partial charge in [0.05, 0.1) is 12.2 Å². The minimum absolute atomic E-state index is 0.0860. The Bertz CT molecular complexity index is 870. The highest BCUT2D eigenvalue weighted by molar-refractivity contribution is 5.78. The second-order valence-corrected chi connectivity index (χ2v) is 7.42. The summed E-state index contributed by atoms with van der Waals surface area (Å²) in [5.74, 6) is 0.997. The van der Waals surface area contributed by atoms with Gasteiger partial charge in [-0.05, 0) is 37.3 Å². The molecule has 2 aliphatic rings. The summed E-state index contributed by atoms with van der Waals surface area (Å²) < 4.78 is 0. The molecule has 0 saturated heterocycles. The number of aromatic nitrogens is 2. The van der Waals surface area contributed by atoms with E-state index in [1.54, 1.807) is 13.0 Å². The van der Waals surface area contributed by atoms with Crippen molar-refractivity contribution in [1.82, 2.24) is 20.2 Å². The van der Waals surface area contributed by atoms with E-state index < -0.39 is 0 Å². The molecular formula is C20H24N4O2. The zero-order valence-electron chi connectivity index (χ0n) is 15.0. The number of hydrogen-bond acceptors (Lipinski definition) is 4. The average molecular weight is 352 g/mol. The van der Waals surface area contributed by atoms with E-state index in [0.29, 0.717) is 12.4 Å². The number of benzene rings is 1. The van der Waals surface area contributed by atoms with E-state index in [9.17, 15) is 9.59 Å². The Morgan fingerprint density at radius 1 is 1.31 bits per heavy atom. The largest absolute Gasteiger partial charge is 0.352 e. The summed E-state index contributed by atoms with van der Waals surface area (Å²) in [6.45, 7) is 4.00. The lowest BCUT2D eigenvalue weighted by molar-refractivity contribution is -0.123. The normalized spacial score (nSPS) is 22.3. The molecule has 1 aliphatic carbocycles. The van der Waals surface area contributed by atoms with E-state index in [0.717, 1.165) is 38.0 Å². The number of aryl methyl sites for hydroxylation is 1. The second-order valence-electron chi connectivity index (χ2n) is 7.42. The van der Waals surface area contributed by atoms with Gasteiger partial charge in [-0.15, -0.1) is 0 Å². The number of aromatic amines is 1. The molecule has 2 aromatic rings. The smallest absolute Gasteiger partial charge is 0.251 e. The molecule has 136 valence electrons. The number of nitrogens with one attached hydrogen (secondary N) is 2. The Kier molecular flexibility index (Phi) is 4.59. The minimum atomic E-state index is -0.106. The molecule has 0 atom stereocenters. The Labute approximate surface area is 152 Å². The number of carbonyl (C=O) groups excluding carboxylic acids is 1. The molecule has 0 bridgehead atoms. The lowest BCUT2D eigenvalue weighted by atomic mass is 9.78. The molecule has 2 N–H and O–H groups in total. The summed E-state index contributed by atoms with van der Waals surface area (Å²) >= 11 is 0. The predicted molar refractivity (Wildman–Crippen MR) is 98.9 cm³/mol. The first kappa shape index (κ1) is 17.0. The SMILES string of the molecule is Cc1nc(C2CC(NC(=O)CN3CCc4ccccc4C3)C2)cc(=O)[nH]1. The van der Waals surface area contributed by atoms with E-state index in [4.69, 9.17) is 0 Å². The van der Waals surface area contributed by atoms with Crippen molar-refractivity contribution in [3.63, 3.8) is 0 Å². The van der Waals surface area contributed by atoms with E-state index in [2.05, 4.69) is 44.5 Å². The van der Waals surface area contributed by atoms with Gasteiger partial charge < -0.3 is 10.3 Å². The van der Waals surface area contributed by atoms with Crippen molar-refractivity contribution in [2.45, 2.75) is 44.7 Å². The van der Waals surface area contributed by atoms with E-state index in [-0.39, 0.29) is 23.4 Å². The van der Waals surface area contributed by atoms with Crippen LogP contribution in [0.3, 0.4) is 0 Å². The standard InChI is InChI=1S/C20H24N4O2/c1-13-21-18(10-19(25)22-13)16-8-17(9-16)23-20(26)12-24-7-6-14-4-2-3-5-15(14)11-24/h2-5,10,16-17H,6-9,11-12H2,1H3,(H,23,26)(H,21,22,25). The monoisotopic (exact) mass is 352 g/mol. The highest BCUT2D eigenvalue weighted by atomic mass is 16.2. The van der Waals surface area contributed by atoms with Gasteiger partial charge in [-0.1, -0.05) is 24.3 Å². The van der Waals surface area contributed by atoms with Crippen LogP contribution in [0.15, 0.2) is 35.1 Å². The molecule has 1 aliphatic heterocycles. The molecule has 2 heterocycles. The molecule has 0 spiro atoms. The maximum Gasteiger partial charge on any atom is 0.251 e. The van der Waals surface area contributed by atoms with Crippen molar-refractivity contribution in [2.24, 2.45) is 0 Å². The van der Waals surface area contributed by atoms with E-state index >= 15 is 0 Å². The third-order valence-electron chi connectivity index (χ3n) is 5.38. The summed E-state index contributed by atoms with van der Waals surface area (Å²) in [5.41, 5.74) is 3.45. The molecule has 6 heteroatoms. The van der Waals surface area contributed by atoms with Gasteiger partial charge in [-0.3, -0.25) is 14.5 Å². The minimum Gasteiger partial charge on any atom is -0.352 e. The average Bonchev–Trinajstić information content (AvgIpc) is 2.56. The Morgan fingerprint density at radius 3 is 2.85 bits per heavy atom. The van der Waals surface area contributed by atoms with Crippen LogP contribution in [-0.4, -0.2) is 39.9 Å². The molecular weight excluding hydrogens is 328 g/mol. The van der Waals surface area contributed by atoms with Crippen LogP contribution in [0.4, 0.5) is 0 Å². The molecule has 1 aromatic heterocycles. The van der Waals surface area contributed by atoms with Gasteiger partial charge in [0, 0.05) is 31.1 Å². The van der Waals surface area contributed by atoms with E-state index in [1.165, 1.54) is 11.1 Å². The number of rotatable bonds is 4. The van der Waals surface area contributed by atoms with Crippen molar-refractivity contribution in [3.05, 3.63) is 63.3 Å². The maximum absolute atomic E-state index is 12.4. The van der Waals surface area contributed by atoms with Crippen molar-refractivity contribution in [2.75, 3.05) is 13.1 Å². The van der Waals surface area contributed by atoms with Crippen molar-refractivity contribution >= 4 is 5.91 Å². The first-order chi connectivity index (χ1) is 12.6. The molecule has 0 radical (unpaired) electrons. The zero-order chi connectivity index (χ0) is 18.1. The first-order valence-corrected chi connectivity index (χ1v) is 9.23. The van der Waals surface area contributed by atoms with Gasteiger partial charge >= 0.3 is 0 Å². The number of fused-ring (bicyclic) bond motifs is 1. The summed E-state index contributed by atoms with van der Waals surface area (Å²) in [7, 11) is 0. The van der Waals surface area contributed by atoms with Gasteiger partial charge in [0.25, 0.3) is 5.56 Å². The van der Waals surface area contributed by atoms with E-state index in [1.807, 2.05) is 0 Å². The fraction of sp³-hybridized carbons (Fsp3) is 0.450. The maximum atomic E-state index is 12.4. The molecule has 6 nitrogen and oxygen atoms in total. The third kappa shape index (κ3) is 3.70. The molecule has 1 aromatic carbocycles. The summed E-state index contributed by atoms with van der Waals surface area (Å²) in [4.78, 5) is 33.2. The fourth-order valence-corrected chi connectivity index (χ4v) is 3.95. The lowest BCUT2D eigenvalue weighted by Crippen LogP contribution is -2.48. The third-order valence-corrected chi connectivity index (χ3v) is 5.38. The van der Waals surface area contributed by atoms with Gasteiger partial charge in [-0.25, -0.2) is 4.98 Å². The first-order valence-electron chi connectivity index (χ1n) is 9.23. The number of carbonyl (C=O) groups is 1. The van der Waals surface area contributed by atoms with Crippen molar-refractivity contribution in [3.8, 4) is 0 Å². The topological polar surface area (TPSA) is 78.1 Å². The lowest BCUT2D eigenvalue weighted by Gasteiger charge is -2.36. The molecule has 0 unspecified atom stereocenters. The summed E-state index contributed by atoms with van der Waals surface area (Å²) in [6.07, 6.45) is 2.71. The zero-order valence-corrected chi connectivity index (χ0v) is 15.0. The van der Waals surface area contributed by atoms with Crippen LogP contribution in [0, 0.1) is 6.92 Å². The van der Waals surface area contributed by atoms with Gasteiger partial charge in [0.2, 0.25) is 5.91 Å². The van der Waals surface area contributed by atoms with Crippen molar-refractivity contribution < 1.29 is 4.79 Å². The van der Waals surface area contributed by atoms with Gasteiger partial charge in [0.15, 0.2) is 0 Å². The van der Waals surface area contributed by atoms with Crippen LogP contribution < -0.4 is 10.9 Å². The molecule has 26 heavy (non-hydrogen) atoms. The van der Waals surface area contributed by atoms with Gasteiger partial charge in [0.1, 0.15) is 5.82 Å². The summed E-state index contributed by atoms with van der Waals surface area (Å²) in [6, 6.07) is 10.2. The van der Waals surface area contributed by atoms with Crippen LogP contribution in [0.5, 0.6) is 0 Å². The summed E-state index contributed by atoms with van der Waals surface area (Å²) in [5, 5.41) is 3.12. The number of amides is 1. The highest BCUT2D eigenvalue weighted by Crippen LogP contribution is 2.35. The second kappa shape index (κ2) is 7.03. The molecule has 4 rings (SSSR count). The van der Waals surface area contributed by atoms with Crippen LogP contribution >= 0.6 is 0 Å².